The highest BCUT2D eigenvalue weighted by Gasteiger charge is 2.22. The number of para-hydroxylation sites is 1. The van der Waals surface area contributed by atoms with E-state index in [-0.39, 0.29) is 5.91 Å². The first-order valence-electron chi connectivity index (χ1n) is 11.2. The summed E-state index contributed by atoms with van der Waals surface area (Å²) in [6.07, 6.45) is 8.49. The fraction of sp³-hybridized carbons (Fsp3) is 0.308. The lowest BCUT2D eigenvalue weighted by atomic mass is 10.1. The standard InChI is InChI=1S/C26H30N4O2/c31-26(16-21-32-24-11-5-2-6-12-24)28-25-13-17-27-30(25)23-14-19-29(20-15-23)18-7-10-22-8-3-1-4-9-22/h1-13,17,23H,14-16,18-21H2,(H,28,31)/b10-7+. The van der Waals surface area contributed by atoms with Gasteiger partial charge in [-0.25, -0.2) is 4.68 Å². The van der Waals surface area contributed by atoms with Crippen molar-refractivity contribution in [2.24, 2.45) is 0 Å². The number of carbonyl (C=O) groups excluding carboxylic acids is 1. The van der Waals surface area contributed by atoms with Crippen LogP contribution in [-0.4, -0.2) is 46.8 Å². The summed E-state index contributed by atoms with van der Waals surface area (Å²) in [7, 11) is 0. The molecule has 0 spiro atoms. The molecule has 1 aliphatic rings. The lowest BCUT2D eigenvalue weighted by Gasteiger charge is -2.32. The fourth-order valence-electron chi connectivity index (χ4n) is 3.94. The summed E-state index contributed by atoms with van der Waals surface area (Å²) in [5, 5.41) is 7.48. The average molecular weight is 431 g/mol. The molecule has 1 amide bonds. The molecule has 0 aliphatic carbocycles. The monoisotopic (exact) mass is 430 g/mol. The number of nitrogens with one attached hydrogen (secondary N) is 1. The summed E-state index contributed by atoms with van der Waals surface area (Å²) >= 11 is 0. The minimum absolute atomic E-state index is 0.0637. The van der Waals surface area contributed by atoms with E-state index in [1.54, 1.807) is 6.20 Å². The second-order valence-corrected chi connectivity index (χ2v) is 7.97. The normalized spacial score (nSPS) is 15.1. The maximum absolute atomic E-state index is 12.4. The van der Waals surface area contributed by atoms with Crippen molar-refractivity contribution >= 4 is 17.8 Å². The number of hydrogen-bond acceptors (Lipinski definition) is 4. The van der Waals surface area contributed by atoms with Gasteiger partial charge in [-0.05, 0) is 30.5 Å². The van der Waals surface area contributed by atoms with E-state index in [2.05, 4.69) is 51.7 Å². The van der Waals surface area contributed by atoms with Gasteiger partial charge in [0.2, 0.25) is 5.91 Å². The number of rotatable bonds is 9. The summed E-state index contributed by atoms with van der Waals surface area (Å²) in [5.74, 6) is 1.47. The third kappa shape index (κ3) is 6.31. The van der Waals surface area contributed by atoms with Crippen LogP contribution in [0.3, 0.4) is 0 Å². The van der Waals surface area contributed by atoms with E-state index in [4.69, 9.17) is 4.74 Å². The quantitative estimate of drug-likeness (QED) is 0.537. The molecule has 6 heteroatoms. The number of anilines is 1. The molecule has 32 heavy (non-hydrogen) atoms. The lowest BCUT2D eigenvalue weighted by molar-refractivity contribution is -0.116. The minimum atomic E-state index is -0.0637. The van der Waals surface area contributed by atoms with Crippen LogP contribution in [0.4, 0.5) is 5.82 Å². The maximum Gasteiger partial charge on any atom is 0.228 e. The summed E-state index contributed by atoms with van der Waals surface area (Å²) in [6.45, 7) is 3.33. The first kappa shape index (κ1) is 21.8. The van der Waals surface area contributed by atoms with Crippen molar-refractivity contribution in [3.63, 3.8) is 0 Å². The number of carbonyl (C=O) groups is 1. The molecule has 1 aliphatic heterocycles. The van der Waals surface area contributed by atoms with E-state index in [0.717, 1.165) is 44.0 Å². The molecule has 1 aromatic heterocycles. The first-order valence-corrected chi connectivity index (χ1v) is 11.2. The van der Waals surface area contributed by atoms with E-state index < -0.39 is 0 Å². The Morgan fingerprint density at radius 1 is 1.03 bits per heavy atom. The SMILES string of the molecule is O=C(CCOc1ccccc1)Nc1ccnn1C1CCN(C/C=C/c2ccccc2)CC1. The summed E-state index contributed by atoms with van der Waals surface area (Å²) in [4.78, 5) is 14.8. The highest BCUT2D eigenvalue weighted by Crippen LogP contribution is 2.25. The first-order chi connectivity index (χ1) is 15.8. The number of likely N-dealkylation sites (tertiary alicyclic amines) is 1. The van der Waals surface area contributed by atoms with Gasteiger partial charge in [0.15, 0.2) is 0 Å². The Bertz CT molecular complexity index is 993. The topological polar surface area (TPSA) is 59.4 Å². The van der Waals surface area contributed by atoms with Gasteiger partial charge < -0.3 is 10.1 Å². The largest absolute Gasteiger partial charge is 0.493 e. The van der Waals surface area contributed by atoms with Crippen LogP contribution in [0.2, 0.25) is 0 Å². The number of piperidine rings is 1. The molecule has 0 unspecified atom stereocenters. The van der Waals surface area contributed by atoms with Gasteiger partial charge in [0, 0.05) is 25.7 Å². The Hall–Kier alpha value is -3.38. The molecule has 166 valence electrons. The average Bonchev–Trinajstić information content (AvgIpc) is 3.29. The van der Waals surface area contributed by atoms with Crippen molar-refractivity contribution in [3.8, 4) is 5.75 Å². The Kier molecular flexibility index (Phi) is 7.71. The molecule has 1 fully saturated rings. The maximum atomic E-state index is 12.4. The van der Waals surface area contributed by atoms with Gasteiger partial charge in [-0.3, -0.25) is 9.69 Å². The van der Waals surface area contributed by atoms with Gasteiger partial charge in [-0.15, -0.1) is 0 Å². The second kappa shape index (κ2) is 11.3. The predicted octanol–water partition coefficient (Wildman–Crippen LogP) is 4.64. The third-order valence-corrected chi connectivity index (χ3v) is 5.66. The van der Waals surface area contributed by atoms with E-state index >= 15 is 0 Å². The van der Waals surface area contributed by atoms with E-state index in [9.17, 15) is 4.79 Å². The van der Waals surface area contributed by atoms with E-state index in [0.29, 0.717) is 19.1 Å². The van der Waals surface area contributed by atoms with Crippen LogP contribution in [0, 0.1) is 0 Å². The summed E-state index contributed by atoms with van der Waals surface area (Å²) in [5.41, 5.74) is 1.23. The molecule has 6 nitrogen and oxygen atoms in total. The Morgan fingerprint density at radius 2 is 1.75 bits per heavy atom. The number of benzene rings is 2. The van der Waals surface area contributed by atoms with Crippen molar-refractivity contribution in [2.75, 3.05) is 31.6 Å². The highest BCUT2D eigenvalue weighted by atomic mass is 16.5. The van der Waals surface area contributed by atoms with Crippen LogP contribution >= 0.6 is 0 Å². The van der Waals surface area contributed by atoms with E-state index in [1.807, 2.05) is 47.1 Å². The molecule has 0 saturated carbocycles. The molecule has 1 N–H and O–H groups in total. The van der Waals surface area contributed by atoms with Gasteiger partial charge in [-0.1, -0.05) is 60.7 Å². The zero-order valence-electron chi connectivity index (χ0n) is 18.3. The van der Waals surface area contributed by atoms with Gasteiger partial charge >= 0.3 is 0 Å². The van der Waals surface area contributed by atoms with E-state index in [1.165, 1.54) is 5.56 Å². The number of hydrogen-bond donors (Lipinski definition) is 1. The fourth-order valence-corrected chi connectivity index (χ4v) is 3.94. The molecule has 2 heterocycles. The lowest BCUT2D eigenvalue weighted by Crippen LogP contribution is -2.35. The van der Waals surface area contributed by atoms with Crippen molar-refractivity contribution in [2.45, 2.75) is 25.3 Å². The van der Waals surface area contributed by atoms with Crippen LogP contribution in [0.1, 0.15) is 30.9 Å². The third-order valence-electron chi connectivity index (χ3n) is 5.66. The van der Waals surface area contributed by atoms with Crippen molar-refractivity contribution < 1.29 is 9.53 Å². The van der Waals surface area contributed by atoms with Gasteiger partial charge in [-0.2, -0.15) is 5.10 Å². The van der Waals surface area contributed by atoms with Gasteiger partial charge in [0.25, 0.3) is 0 Å². The number of nitrogens with zero attached hydrogens (tertiary/aromatic N) is 3. The second-order valence-electron chi connectivity index (χ2n) is 7.97. The smallest absolute Gasteiger partial charge is 0.228 e. The van der Waals surface area contributed by atoms with Crippen molar-refractivity contribution in [3.05, 3.63) is 84.6 Å². The summed E-state index contributed by atoms with van der Waals surface area (Å²) in [6, 6.07) is 22.1. The van der Waals surface area contributed by atoms with Crippen molar-refractivity contribution in [1.82, 2.24) is 14.7 Å². The number of amides is 1. The molecule has 3 aromatic rings. The predicted molar refractivity (Wildman–Crippen MR) is 128 cm³/mol. The van der Waals surface area contributed by atoms with Gasteiger partial charge in [0.05, 0.1) is 25.3 Å². The Balaban J connectivity index is 1.21. The number of ether oxygens (including phenoxy) is 1. The van der Waals surface area contributed by atoms with Crippen LogP contribution in [0.15, 0.2) is 79.0 Å². The molecular formula is C26H30N4O2. The van der Waals surface area contributed by atoms with Crippen LogP contribution in [-0.2, 0) is 4.79 Å². The highest BCUT2D eigenvalue weighted by molar-refractivity contribution is 5.89. The van der Waals surface area contributed by atoms with Crippen LogP contribution in [0.5, 0.6) is 5.75 Å². The zero-order chi connectivity index (χ0) is 22.0. The van der Waals surface area contributed by atoms with Crippen LogP contribution < -0.4 is 10.1 Å². The Labute approximate surface area is 189 Å². The van der Waals surface area contributed by atoms with Crippen LogP contribution in [0.25, 0.3) is 6.08 Å². The molecular weight excluding hydrogens is 400 g/mol. The number of aromatic nitrogens is 2. The molecule has 1 saturated heterocycles. The molecule has 2 aromatic carbocycles. The minimum Gasteiger partial charge on any atom is -0.493 e. The summed E-state index contributed by atoms with van der Waals surface area (Å²) < 4.78 is 7.59. The van der Waals surface area contributed by atoms with Crippen molar-refractivity contribution in [1.29, 1.82) is 0 Å². The molecule has 0 radical (unpaired) electrons. The molecule has 0 atom stereocenters. The molecule has 0 bridgehead atoms. The Morgan fingerprint density at radius 3 is 2.50 bits per heavy atom. The molecule has 4 rings (SSSR count). The van der Waals surface area contributed by atoms with Gasteiger partial charge in [0.1, 0.15) is 11.6 Å². The zero-order valence-corrected chi connectivity index (χ0v) is 18.3.